The summed E-state index contributed by atoms with van der Waals surface area (Å²) >= 11 is 0. The third-order valence-corrected chi connectivity index (χ3v) is 2.86. The van der Waals surface area contributed by atoms with E-state index in [1.54, 1.807) is 6.20 Å². The number of rotatable bonds is 6. The fraction of sp³-hybridized carbons (Fsp3) is 0.500. The maximum Gasteiger partial charge on any atom is 0.320 e. The molecule has 1 aliphatic carbocycles. The fourth-order valence-electron chi connectivity index (χ4n) is 1.80. The van der Waals surface area contributed by atoms with E-state index in [2.05, 4.69) is 10.3 Å². The van der Waals surface area contributed by atoms with Gasteiger partial charge in [0, 0.05) is 18.9 Å². The summed E-state index contributed by atoms with van der Waals surface area (Å²) in [5.74, 6) is -0.389. The first-order valence-electron chi connectivity index (χ1n) is 5.62. The third-order valence-electron chi connectivity index (χ3n) is 2.86. The predicted molar refractivity (Wildman–Crippen MR) is 60.1 cm³/mol. The molecule has 1 saturated carbocycles. The maximum absolute atomic E-state index is 10.9. The van der Waals surface area contributed by atoms with Crippen molar-refractivity contribution < 1.29 is 9.90 Å². The molecule has 86 valence electrons. The van der Waals surface area contributed by atoms with Gasteiger partial charge in [0.25, 0.3) is 0 Å². The summed E-state index contributed by atoms with van der Waals surface area (Å²) in [7, 11) is 0. The van der Waals surface area contributed by atoms with Crippen LogP contribution in [0.5, 0.6) is 0 Å². The third kappa shape index (κ3) is 3.03. The lowest BCUT2D eigenvalue weighted by Crippen LogP contribution is -2.39. The van der Waals surface area contributed by atoms with Crippen LogP contribution in [0.4, 0.5) is 0 Å². The van der Waals surface area contributed by atoms with Crippen molar-refractivity contribution in [3.63, 3.8) is 0 Å². The van der Waals surface area contributed by atoms with E-state index in [4.69, 9.17) is 5.11 Å². The number of aliphatic carboxylic acids is 1. The van der Waals surface area contributed by atoms with Crippen LogP contribution in [0.2, 0.25) is 0 Å². The number of nitrogens with zero attached hydrogens (tertiary/aromatic N) is 1. The first kappa shape index (κ1) is 11.1. The molecule has 1 heterocycles. The Labute approximate surface area is 94.7 Å². The van der Waals surface area contributed by atoms with Gasteiger partial charge in [-0.3, -0.25) is 9.78 Å². The van der Waals surface area contributed by atoms with Crippen LogP contribution < -0.4 is 5.32 Å². The molecular weight excluding hydrogens is 204 g/mol. The van der Waals surface area contributed by atoms with Crippen LogP contribution in [0.3, 0.4) is 0 Å². The Kier molecular flexibility index (Phi) is 3.51. The van der Waals surface area contributed by atoms with Gasteiger partial charge in [0.05, 0.1) is 0 Å². The molecule has 0 saturated heterocycles. The molecule has 4 heteroatoms. The van der Waals surface area contributed by atoms with Crippen LogP contribution in [0.1, 0.15) is 18.4 Å². The number of hydrogen-bond acceptors (Lipinski definition) is 3. The second-order valence-corrected chi connectivity index (χ2v) is 4.22. The minimum atomic E-state index is -0.728. The summed E-state index contributed by atoms with van der Waals surface area (Å²) in [5, 5.41) is 12.1. The molecule has 0 radical (unpaired) electrons. The predicted octanol–water partition coefficient (Wildman–Crippen LogP) is 1.08. The zero-order valence-corrected chi connectivity index (χ0v) is 9.10. The normalized spacial score (nSPS) is 17.0. The Hall–Kier alpha value is -1.42. The van der Waals surface area contributed by atoms with Crippen molar-refractivity contribution in [1.29, 1.82) is 0 Å². The average Bonchev–Trinajstić information content (AvgIpc) is 3.09. The summed E-state index contributed by atoms with van der Waals surface area (Å²) in [5.41, 5.74) is 1.13. The molecule has 2 rings (SSSR count). The lowest BCUT2D eigenvalue weighted by Gasteiger charge is -2.12. The van der Waals surface area contributed by atoms with Gasteiger partial charge in [0.2, 0.25) is 0 Å². The number of carboxylic acid groups (broad SMARTS) is 1. The lowest BCUT2D eigenvalue weighted by atomic mass is 10.1. The number of hydrogen-bond donors (Lipinski definition) is 2. The van der Waals surface area contributed by atoms with E-state index < -0.39 is 5.97 Å². The molecule has 1 aromatic rings. The molecule has 16 heavy (non-hydrogen) atoms. The molecule has 0 amide bonds. The Bertz CT molecular complexity index is 349. The molecule has 1 aliphatic rings. The van der Waals surface area contributed by atoms with E-state index >= 15 is 0 Å². The number of carboxylic acids is 1. The SMILES string of the molecule is O=C(O)C(NCCc1cccnc1)C1CC1. The highest BCUT2D eigenvalue weighted by molar-refractivity contribution is 5.74. The highest BCUT2D eigenvalue weighted by Gasteiger charge is 2.35. The monoisotopic (exact) mass is 220 g/mol. The summed E-state index contributed by atoms with van der Waals surface area (Å²) in [6, 6.07) is 3.53. The quantitative estimate of drug-likeness (QED) is 0.753. The van der Waals surface area contributed by atoms with Crippen molar-refractivity contribution >= 4 is 5.97 Å². The number of aromatic nitrogens is 1. The van der Waals surface area contributed by atoms with Crippen molar-refractivity contribution in [3.8, 4) is 0 Å². The van der Waals surface area contributed by atoms with Gasteiger partial charge in [-0.15, -0.1) is 0 Å². The van der Waals surface area contributed by atoms with E-state index in [0.29, 0.717) is 12.5 Å². The van der Waals surface area contributed by atoms with Crippen LogP contribution in [0.25, 0.3) is 0 Å². The summed E-state index contributed by atoms with van der Waals surface area (Å²) in [4.78, 5) is 15.0. The van der Waals surface area contributed by atoms with E-state index in [0.717, 1.165) is 24.8 Å². The van der Waals surface area contributed by atoms with Gasteiger partial charge in [-0.05, 0) is 36.8 Å². The summed E-state index contributed by atoms with van der Waals surface area (Å²) in [6.45, 7) is 0.694. The van der Waals surface area contributed by atoms with Gasteiger partial charge in [-0.25, -0.2) is 0 Å². The molecule has 2 N–H and O–H groups in total. The first-order chi connectivity index (χ1) is 7.77. The minimum absolute atomic E-state index is 0.339. The second kappa shape index (κ2) is 5.07. The van der Waals surface area contributed by atoms with E-state index in [-0.39, 0.29) is 6.04 Å². The van der Waals surface area contributed by atoms with Crippen LogP contribution in [0.15, 0.2) is 24.5 Å². The molecule has 1 atom stereocenters. The van der Waals surface area contributed by atoms with Crippen LogP contribution in [-0.2, 0) is 11.2 Å². The van der Waals surface area contributed by atoms with Crippen molar-refractivity contribution in [2.45, 2.75) is 25.3 Å². The van der Waals surface area contributed by atoms with Crippen molar-refractivity contribution in [2.75, 3.05) is 6.54 Å². The van der Waals surface area contributed by atoms with Gasteiger partial charge in [-0.2, -0.15) is 0 Å². The lowest BCUT2D eigenvalue weighted by molar-refractivity contribution is -0.140. The molecule has 4 nitrogen and oxygen atoms in total. The van der Waals surface area contributed by atoms with Gasteiger partial charge in [-0.1, -0.05) is 6.07 Å². The molecular formula is C12H16N2O2. The van der Waals surface area contributed by atoms with Crippen molar-refractivity contribution in [1.82, 2.24) is 10.3 Å². The molecule has 0 spiro atoms. The molecule has 0 aliphatic heterocycles. The average molecular weight is 220 g/mol. The number of nitrogens with one attached hydrogen (secondary N) is 1. The largest absolute Gasteiger partial charge is 0.480 e. The molecule has 0 bridgehead atoms. The summed E-state index contributed by atoms with van der Waals surface area (Å²) in [6.07, 6.45) is 6.45. The standard InChI is InChI=1S/C12H16N2O2/c15-12(16)11(10-3-4-10)14-7-5-9-2-1-6-13-8-9/h1-2,6,8,10-11,14H,3-5,7H2,(H,15,16). The number of carbonyl (C=O) groups is 1. The van der Waals surface area contributed by atoms with Crippen LogP contribution in [0, 0.1) is 5.92 Å². The molecule has 1 unspecified atom stereocenters. The zero-order valence-electron chi connectivity index (χ0n) is 9.10. The highest BCUT2D eigenvalue weighted by Crippen LogP contribution is 2.32. The number of pyridine rings is 1. The van der Waals surface area contributed by atoms with E-state index in [1.807, 2.05) is 18.3 Å². The molecule has 0 aromatic carbocycles. The molecule has 1 aromatic heterocycles. The smallest absolute Gasteiger partial charge is 0.320 e. The molecule has 1 fully saturated rings. The van der Waals surface area contributed by atoms with E-state index in [9.17, 15) is 4.79 Å². The second-order valence-electron chi connectivity index (χ2n) is 4.22. The Morgan fingerprint density at radius 2 is 2.44 bits per heavy atom. The van der Waals surface area contributed by atoms with Gasteiger partial charge in [0.15, 0.2) is 0 Å². The Balaban J connectivity index is 1.76. The zero-order chi connectivity index (χ0) is 11.4. The van der Waals surface area contributed by atoms with Gasteiger partial charge in [0.1, 0.15) is 6.04 Å². The Morgan fingerprint density at radius 3 is 3.00 bits per heavy atom. The van der Waals surface area contributed by atoms with Gasteiger partial charge < -0.3 is 10.4 Å². The first-order valence-corrected chi connectivity index (χ1v) is 5.62. The summed E-state index contributed by atoms with van der Waals surface area (Å²) < 4.78 is 0. The van der Waals surface area contributed by atoms with Crippen LogP contribution in [-0.4, -0.2) is 28.6 Å². The minimum Gasteiger partial charge on any atom is -0.480 e. The maximum atomic E-state index is 10.9. The highest BCUT2D eigenvalue weighted by atomic mass is 16.4. The van der Waals surface area contributed by atoms with Crippen molar-refractivity contribution in [3.05, 3.63) is 30.1 Å². The van der Waals surface area contributed by atoms with Crippen molar-refractivity contribution in [2.24, 2.45) is 5.92 Å². The van der Waals surface area contributed by atoms with Gasteiger partial charge >= 0.3 is 5.97 Å². The van der Waals surface area contributed by atoms with E-state index in [1.165, 1.54) is 0 Å². The topological polar surface area (TPSA) is 62.2 Å². The Morgan fingerprint density at radius 1 is 1.62 bits per heavy atom. The van der Waals surface area contributed by atoms with Crippen LogP contribution >= 0.6 is 0 Å². The fourth-order valence-corrected chi connectivity index (χ4v) is 1.80.